The number of amides is 2. The molecule has 2 aromatic carbocycles. The highest BCUT2D eigenvalue weighted by Crippen LogP contribution is 2.22. The molecule has 34 heavy (non-hydrogen) atoms. The molecule has 2 amide bonds. The van der Waals surface area contributed by atoms with Crippen molar-refractivity contribution in [2.24, 2.45) is 0 Å². The van der Waals surface area contributed by atoms with Gasteiger partial charge in [0, 0.05) is 31.1 Å². The second kappa shape index (κ2) is 12.2. The molecule has 0 saturated heterocycles. The van der Waals surface area contributed by atoms with Crippen molar-refractivity contribution in [3.8, 4) is 0 Å². The number of anilines is 1. The zero-order chi connectivity index (χ0) is 25.5. The minimum absolute atomic E-state index is 0.0983. The Morgan fingerprint density at radius 2 is 1.74 bits per heavy atom. The summed E-state index contributed by atoms with van der Waals surface area (Å²) >= 11 is 6.10. The average molecular weight is 508 g/mol. The fourth-order valence-electron chi connectivity index (χ4n) is 3.84. The van der Waals surface area contributed by atoms with Crippen LogP contribution in [0.15, 0.2) is 42.5 Å². The van der Waals surface area contributed by atoms with E-state index in [0.29, 0.717) is 23.7 Å². The van der Waals surface area contributed by atoms with Crippen LogP contribution in [0.5, 0.6) is 0 Å². The Morgan fingerprint density at radius 3 is 2.29 bits per heavy atom. The number of halogens is 1. The van der Waals surface area contributed by atoms with E-state index in [1.165, 1.54) is 9.21 Å². The Morgan fingerprint density at radius 1 is 1.09 bits per heavy atom. The first kappa shape index (κ1) is 27.7. The van der Waals surface area contributed by atoms with Gasteiger partial charge in [0.15, 0.2) is 0 Å². The summed E-state index contributed by atoms with van der Waals surface area (Å²) in [4.78, 5) is 27.2. The van der Waals surface area contributed by atoms with Gasteiger partial charge in [-0.05, 0) is 75.1 Å². The molecule has 2 rings (SSSR count). The lowest BCUT2D eigenvalue weighted by Gasteiger charge is -2.29. The van der Waals surface area contributed by atoms with E-state index in [2.05, 4.69) is 5.32 Å². The lowest BCUT2D eigenvalue weighted by Crippen LogP contribution is -2.47. The number of hydrogen-bond donors (Lipinski definition) is 1. The summed E-state index contributed by atoms with van der Waals surface area (Å²) in [5.41, 5.74) is 3.32. The quantitative estimate of drug-likeness (QED) is 0.497. The van der Waals surface area contributed by atoms with Gasteiger partial charge in [0.25, 0.3) is 0 Å². The van der Waals surface area contributed by atoms with Gasteiger partial charge in [0.05, 0.1) is 11.9 Å². The SMILES string of the molecule is CCNC(=O)[C@@H](C)N(Cc1cccc(Cl)c1)C(=O)CCCN(c1cc(C)cc(C)c1)S(C)(=O)=O. The number of nitrogens with one attached hydrogen (secondary N) is 1. The molecular formula is C25H34ClN3O4S. The summed E-state index contributed by atoms with van der Waals surface area (Å²) in [7, 11) is -3.53. The number of likely N-dealkylation sites (N-methyl/N-ethyl adjacent to an activating group) is 1. The molecule has 0 heterocycles. The van der Waals surface area contributed by atoms with Gasteiger partial charge in [-0.1, -0.05) is 29.8 Å². The predicted octanol–water partition coefficient (Wildman–Crippen LogP) is 4.06. The van der Waals surface area contributed by atoms with Crippen LogP contribution in [-0.2, 0) is 26.2 Å². The number of benzene rings is 2. The maximum atomic E-state index is 13.2. The summed E-state index contributed by atoms with van der Waals surface area (Å²) in [6.07, 6.45) is 1.57. The standard InChI is InChI=1S/C25H34ClN3O4S/c1-6-27-25(31)20(4)28(17-21-9-7-10-22(26)16-21)24(30)11-8-12-29(34(5,32)33)23-14-18(2)13-19(3)15-23/h7,9-10,13-16,20H,6,8,11-12,17H2,1-5H3,(H,27,31)/t20-/m1/s1. The van der Waals surface area contributed by atoms with E-state index in [9.17, 15) is 18.0 Å². The first-order chi connectivity index (χ1) is 15.9. The Bertz CT molecular complexity index is 1100. The largest absolute Gasteiger partial charge is 0.355 e. The van der Waals surface area contributed by atoms with Crippen molar-refractivity contribution in [1.82, 2.24) is 10.2 Å². The molecule has 0 aliphatic carbocycles. The molecule has 0 aliphatic rings. The third kappa shape index (κ3) is 8.02. The lowest BCUT2D eigenvalue weighted by molar-refractivity contribution is -0.140. The molecule has 2 aromatic rings. The summed E-state index contributed by atoms with van der Waals surface area (Å²) in [6, 6.07) is 12.1. The van der Waals surface area contributed by atoms with Crippen molar-refractivity contribution in [2.75, 3.05) is 23.7 Å². The Labute approximate surface area is 208 Å². The van der Waals surface area contributed by atoms with Crippen LogP contribution in [-0.4, -0.2) is 50.5 Å². The Hall–Kier alpha value is -2.58. The first-order valence-corrected chi connectivity index (χ1v) is 13.5. The Balaban J connectivity index is 2.18. The first-order valence-electron chi connectivity index (χ1n) is 11.3. The number of nitrogens with zero attached hydrogens (tertiary/aromatic N) is 2. The van der Waals surface area contributed by atoms with Crippen LogP contribution >= 0.6 is 11.6 Å². The predicted molar refractivity (Wildman–Crippen MR) is 137 cm³/mol. The molecule has 9 heteroatoms. The van der Waals surface area contributed by atoms with Crippen LogP contribution in [0.4, 0.5) is 5.69 Å². The second-order valence-corrected chi connectivity index (χ2v) is 10.8. The zero-order valence-corrected chi connectivity index (χ0v) is 22.0. The van der Waals surface area contributed by atoms with Gasteiger partial charge in [-0.25, -0.2) is 8.42 Å². The van der Waals surface area contributed by atoms with Gasteiger partial charge < -0.3 is 10.2 Å². The van der Waals surface area contributed by atoms with Crippen LogP contribution in [0, 0.1) is 13.8 Å². The van der Waals surface area contributed by atoms with E-state index in [1.807, 2.05) is 45.0 Å². The van der Waals surface area contributed by atoms with Crippen molar-refractivity contribution in [3.05, 3.63) is 64.2 Å². The van der Waals surface area contributed by atoms with E-state index in [4.69, 9.17) is 11.6 Å². The third-order valence-corrected chi connectivity index (χ3v) is 6.84. The van der Waals surface area contributed by atoms with Crippen molar-refractivity contribution in [3.63, 3.8) is 0 Å². The Kier molecular flexibility index (Phi) is 9.94. The number of carbonyl (C=O) groups is 2. The van der Waals surface area contributed by atoms with Gasteiger partial charge in [-0.2, -0.15) is 0 Å². The molecule has 0 spiro atoms. The maximum absolute atomic E-state index is 13.2. The fraction of sp³-hybridized carbons (Fsp3) is 0.440. The van der Waals surface area contributed by atoms with Crippen LogP contribution in [0.3, 0.4) is 0 Å². The van der Waals surface area contributed by atoms with Crippen molar-refractivity contribution in [1.29, 1.82) is 0 Å². The molecule has 0 saturated carbocycles. The normalized spacial score (nSPS) is 12.2. The molecule has 1 N–H and O–H groups in total. The van der Waals surface area contributed by atoms with Crippen molar-refractivity contribution >= 4 is 39.1 Å². The average Bonchev–Trinajstić information content (AvgIpc) is 2.73. The van der Waals surface area contributed by atoms with Crippen LogP contribution in [0.1, 0.15) is 43.4 Å². The van der Waals surface area contributed by atoms with Gasteiger partial charge in [-0.3, -0.25) is 13.9 Å². The molecule has 0 bridgehead atoms. The van der Waals surface area contributed by atoms with Gasteiger partial charge in [0.2, 0.25) is 21.8 Å². The summed E-state index contributed by atoms with van der Waals surface area (Å²) < 4.78 is 26.3. The molecule has 0 radical (unpaired) electrons. The van der Waals surface area contributed by atoms with E-state index in [-0.39, 0.29) is 31.3 Å². The number of rotatable bonds is 11. The molecular weight excluding hydrogens is 474 g/mol. The summed E-state index contributed by atoms with van der Waals surface area (Å²) in [6.45, 7) is 8.18. The van der Waals surface area contributed by atoms with Gasteiger partial charge in [-0.15, -0.1) is 0 Å². The number of carbonyl (C=O) groups excluding carboxylic acids is 2. The molecule has 0 fully saturated rings. The van der Waals surface area contributed by atoms with E-state index in [0.717, 1.165) is 22.9 Å². The molecule has 0 aromatic heterocycles. The highest BCUT2D eigenvalue weighted by atomic mass is 35.5. The highest BCUT2D eigenvalue weighted by molar-refractivity contribution is 7.92. The molecule has 7 nitrogen and oxygen atoms in total. The van der Waals surface area contributed by atoms with Crippen molar-refractivity contribution < 1.29 is 18.0 Å². The monoisotopic (exact) mass is 507 g/mol. The second-order valence-electron chi connectivity index (χ2n) is 8.51. The molecule has 1 atom stereocenters. The smallest absolute Gasteiger partial charge is 0.242 e. The van der Waals surface area contributed by atoms with Crippen LogP contribution in [0.2, 0.25) is 5.02 Å². The molecule has 186 valence electrons. The van der Waals surface area contributed by atoms with Crippen LogP contribution < -0.4 is 9.62 Å². The van der Waals surface area contributed by atoms with E-state index >= 15 is 0 Å². The van der Waals surface area contributed by atoms with Gasteiger partial charge >= 0.3 is 0 Å². The highest BCUT2D eigenvalue weighted by Gasteiger charge is 2.26. The van der Waals surface area contributed by atoms with Crippen molar-refractivity contribution in [2.45, 2.75) is 53.1 Å². The maximum Gasteiger partial charge on any atom is 0.242 e. The number of sulfonamides is 1. The summed E-state index contributed by atoms with van der Waals surface area (Å²) in [5.74, 6) is -0.474. The minimum atomic E-state index is -3.53. The molecule has 0 aliphatic heterocycles. The third-order valence-electron chi connectivity index (χ3n) is 5.41. The fourth-order valence-corrected chi connectivity index (χ4v) is 5.00. The lowest BCUT2D eigenvalue weighted by atomic mass is 10.1. The summed E-state index contributed by atoms with van der Waals surface area (Å²) in [5, 5.41) is 3.31. The van der Waals surface area contributed by atoms with Gasteiger partial charge in [0.1, 0.15) is 6.04 Å². The van der Waals surface area contributed by atoms with Crippen LogP contribution in [0.25, 0.3) is 0 Å². The topological polar surface area (TPSA) is 86.8 Å². The van der Waals surface area contributed by atoms with E-state index in [1.54, 1.807) is 25.1 Å². The minimum Gasteiger partial charge on any atom is -0.355 e. The molecule has 0 unspecified atom stereocenters. The zero-order valence-electron chi connectivity index (χ0n) is 20.5. The van der Waals surface area contributed by atoms with E-state index < -0.39 is 16.1 Å². The number of aryl methyl sites for hydroxylation is 2. The number of hydrogen-bond acceptors (Lipinski definition) is 4.